The molecule has 2 amide bonds. The Hall–Kier alpha value is -3.82. The van der Waals surface area contributed by atoms with Gasteiger partial charge in [-0.1, -0.05) is 0 Å². The van der Waals surface area contributed by atoms with Crippen molar-refractivity contribution in [1.82, 2.24) is 19.4 Å². The Morgan fingerprint density at radius 1 is 1.16 bits per heavy atom. The van der Waals surface area contributed by atoms with Crippen LogP contribution in [0.2, 0.25) is 0 Å². The fraction of sp³-hybridized carbons (Fsp3) is 0.190. The van der Waals surface area contributed by atoms with E-state index in [1.165, 1.54) is 4.90 Å². The highest BCUT2D eigenvalue weighted by molar-refractivity contribution is 5.89. The second kappa shape index (κ2) is 7.46. The van der Waals surface area contributed by atoms with Crippen LogP contribution < -0.4 is 5.32 Å². The first kappa shape index (κ1) is 19.2. The number of fused-ring (bicyclic) bond motifs is 1. The van der Waals surface area contributed by atoms with Crippen molar-refractivity contribution in [2.24, 2.45) is 0 Å². The van der Waals surface area contributed by atoms with Gasteiger partial charge in [0.1, 0.15) is 5.52 Å². The summed E-state index contributed by atoms with van der Waals surface area (Å²) >= 11 is 0. The molecule has 158 valence electrons. The van der Waals surface area contributed by atoms with Crippen molar-refractivity contribution in [2.75, 3.05) is 18.4 Å². The molecule has 1 saturated heterocycles. The van der Waals surface area contributed by atoms with E-state index < -0.39 is 23.5 Å². The third kappa shape index (κ3) is 3.39. The first-order valence-corrected chi connectivity index (χ1v) is 9.58. The Balaban J connectivity index is 1.40. The van der Waals surface area contributed by atoms with Gasteiger partial charge >= 0.3 is 6.03 Å². The summed E-state index contributed by atoms with van der Waals surface area (Å²) in [5.74, 6) is -3.13. The lowest BCUT2D eigenvalue weighted by molar-refractivity contribution is 0.221. The van der Waals surface area contributed by atoms with Crippen LogP contribution in [0.3, 0.4) is 0 Å². The van der Waals surface area contributed by atoms with Crippen LogP contribution in [0.5, 0.6) is 0 Å². The maximum absolute atomic E-state index is 13.4. The fourth-order valence-corrected chi connectivity index (χ4v) is 3.82. The highest BCUT2D eigenvalue weighted by atomic mass is 19.2. The molecule has 3 aromatic heterocycles. The summed E-state index contributed by atoms with van der Waals surface area (Å²) in [4.78, 5) is 23.2. The van der Waals surface area contributed by atoms with Crippen molar-refractivity contribution in [3.8, 4) is 11.6 Å². The Labute approximate surface area is 174 Å². The largest absolute Gasteiger partial charge is 0.461 e. The highest BCUT2D eigenvalue weighted by Crippen LogP contribution is 2.32. The maximum atomic E-state index is 13.4. The van der Waals surface area contributed by atoms with E-state index in [1.54, 1.807) is 30.7 Å². The van der Waals surface area contributed by atoms with E-state index in [-0.39, 0.29) is 11.7 Å². The summed E-state index contributed by atoms with van der Waals surface area (Å²) in [5.41, 5.74) is 1.22. The molecule has 1 atom stereocenters. The molecule has 1 unspecified atom stereocenters. The molecule has 1 aliphatic heterocycles. The molecule has 5 rings (SSSR count). The molecule has 0 bridgehead atoms. The molecule has 4 heterocycles. The summed E-state index contributed by atoms with van der Waals surface area (Å²) in [5, 5.41) is 2.42. The molecule has 31 heavy (non-hydrogen) atoms. The van der Waals surface area contributed by atoms with Crippen molar-refractivity contribution in [1.29, 1.82) is 0 Å². The lowest BCUT2D eigenvalue weighted by atomic mass is 10.2. The van der Waals surface area contributed by atoms with Crippen LogP contribution >= 0.6 is 0 Å². The molecule has 4 aromatic rings. The molecule has 7 nitrogen and oxygen atoms in total. The van der Waals surface area contributed by atoms with Gasteiger partial charge in [-0.05, 0) is 30.7 Å². The third-order valence-corrected chi connectivity index (χ3v) is 5.24. The number of urea groups is 1. The second-order valence-corrected chi connectivity index (χ2v) is 7.20. The highest BCUT2D eigenvalue weighted by Gasteiger charge is 2.31. The molecule has 0 saturated carbocycles. The third-order valence-electron chi connectivity index (χ3n) is 5.24. The van der Waals surface area contributed by atoms with Gasteiger partial charge in [0.25, 0.3) is 0 Å². The summed E-state index contributed by atoms with van der Waals surface area (Å²) in [6.45, 7) is 0.737. The lowest BCUT2D eigenvalue weighted by Gasteiger charge is -2.19. The number of nitrogens with one attached hydrogen (secondary N) is 1. The van der Waals surface area contributed by atoms with Crippen molar-refractivity contribution in [2.45, 2.75) is 12.5 Å². The molecular formula is C21H16F3N5O2. The number of rotatable bonds is 3. The van der Waals surface area contributed by atoms with Crippen LogP contribution in [-0.2, 0) is 0 Å². The average Bonchev–Trinajstić information content (AvgIpc) is 3.50. The SMILES string of the molecule is O=C(Nc1cc(F)c(F)c(F)c1)N1CCC(n2c(-c3ccco3)nc3cccnc32)C1. The number of nitrogens with zero attached hydrogens (tertiary/aromatic N) is 4. The van der Waals surface area contributed by atoms with E-state index >= 15 is 0 Å². The Morgan fingerprint density at radius 2 is 1.97 bits per heavy atom. The molecule has 0 radical (unpaired) electrons. The van der Waals surface area contributed by atoms with Crippen molar-refractivity contribution >= 4 is 22.9 Å². The van der Waals surface area contributed by atoms with Crippen LogP contribution in [0.15, 0.2) is 53.3 Å². The van der Waals surface area contributed by atoms with Gasteiger partial charge in [0, 0.05) is 37.1 Å². The van der Waals surface area contributed by atoms with Crippen LogP contribution in [0.25, 0.3) is 22.7 Å². The zero-order valence-electron chi connectivity index (χ0n) is 16.1. The quantitative estimate of drug-likeness (QED) is 0.486. The van der Waals surface area contributed by atoms with Gasteiger partial charge < -0.3 is 19.2 Å². The number of benzene rings is 1. The van der Waals surface area contributed by atoms with E-state index in [2.05, 4.69) is 15.3 Å². The number of anilines is 1. The molecule has 0 aliphatic carbocycles. The van der Waals surface area contributed by atoms with E-state index in [4.69, 9.17) is 4.42 Å². The van der Waals surface area contributed by atoms with Crippen molar-refractivity contribution in [3.05, 3.63) is 66.3 Å². The van der Waals surface area contributed by atoms with E-state index in [9.17, 15) is 18.0 Å². The van der Waals surface area contributed by atoms with Gasteiger partial charge in [0.05, 0.1) is 12.3 Å². The maximum Gasteiger partial charge on any atom is 0.321 e. The first-order valence-electron chi connectivity index (χ1n) is 9.58. The molecule has 0 spiro atoms. The summed E-state index contributed by atoms with van der Waals surface area (Å²) < 4.78 is 47.5. The molecular weight excluding hydrogens is 411 g/mol. The van der Waals surface area contributed by atoms with Crippen molar-refractivity contribution in [3.63, 3.8) is 0 Å². The van der Waals surface area contributed by atoms with Crippen molar-refractivity contribution < 1.29 is 22.4 Å². The number of carbonyl (C=O) groups excluding carboxylic acids is 1. The number of amides is 2. The van der Waals surface area contributed by atoms with Gasteiger partial charge in [-0.15, -0.1) is 0 Å². The van der Waals surface area contributed by atoms with E-state index in [0.29, 0.717) is 42.3 Å². The Bertz CT molecular complexity index is 1250. The number of hydrogen-bond acceptors (Lipinski definition) is 4. The normalized spacial score (nSPS) is 16.2. The number of furan rings is 1. The van der Waals surface area contributed by atoms with Gasteiger partial charge in [0.2, 0.25) is 0 Å². The predicted molar refractivity (Wildman–Crippen MR) is 106 cm³/mol. The van der Waals surface area contributed by atoms with E-state index in [0.717, 1.165) is 12.1 Å². The molecule has 10 heteroatoms. The molecule has 1 N–H and O–H groups in total. The number of pyridine rings is 1. The summed E-state index contributed by atoms with van der Waals surface area (Å²) in [7, 11) is 0. The molecule has 1 fully saturated rings. The first-order chi connectivity index (χ1) is 15.0. The Morgan fingerprint density at radius 3 is 2.71 bits per heavy atom. The zero-order valence-corrected chi connectivity index (χ0v) is 16.1. The smallest absolute Gasteiger partial charge is 0.321 e. The predicted octanol–water partition coefficient (Wildman–Crippen LogP) is 4.59. The fourth-order valence-electron chi connectivity index (χ4n) is 3.82. The number of halogens is 3. The van der Waals surface area contributed by atoms with Crippen LogP contribution in [0.4, 0.5) is 23.7 Å². The van der Waals surface area contributed by atoms with Crippen LogP contribution in [0, 0.1) is 17.5 Å². The van der Waals surface area contributed by atoms with Gasteiger partial charge in [0.15, 0.2) is 34.7 Å². The molecule has 1 aromatic carbocycles. The van der Waals surface area contributed by atoms with Gasteiger partial charge in [-0.3, -0.25) is 0 Å². The number of likely N-dealkylation sites (tertiary alicyclic amines) is 1. The molecule has 1 aliphatic rings. The second-order valence-electron chi connectivity index (χ2n) is 7.20. The van der Waals surface area contributed by atoms with Gasteiger partial charge in [-0.25, -0.2) is 27.9 Å². The average molecular weight is 427 g/mol. The topological polar surface area (TPSA) is 76.2 Å². The van der Waals surface area contributed by atoms with Crippen LogP contribution in [0.1, 0.15) is 12.5 Å². The van der Waals surface area contributed by atoms with Crippen LogP contribution in [-0.4, -0.2) is 38.6 Å². The number of hydrogen-bond donors (Lipinski definition) is 1. The minimum atomic E-state index is -1.58. The summed E-state index contributed by atoms with van der Waals surface area (Å²) in [6.07, 6.45) is 3.85. The lowest BCUT2D eigenvalue weighted by Crippen LogP contribution is -2.33. The Kier molecular flexibility index (Phi) is 4.61. The minimum Gasteiger partial charge on any atom is -0.461 e. The summed E-state index contributed by atoms with van der Waals surface area (Å²) in [6, 6.07) is 8.02. The zero-order chi connectivity index (χ0) is 21.5. The minimum absolute atomic E-state index is 0.132. The monoisotopic (exact) mass is 427 g/mol. The number of imidazole rings is 1. The van der Waals surface area contributed by atoms with E-state index in [1.807, 2.05) is 10.6 Å². The van der Waals surface area contributed by atoms with Gasteiger partial charge in [-0.2, -0.15) is 0 Å². The number of carbonyl (C=O) groups is 1. The number of aromatic nitrogens is 3. The standard InChI is InChI=1S/C21H16F3N5O2/c22-14-9-12(10-15(23)18(14)24)26-21(30)28-7-5-13(11-28)29-19-16(3-1-6-25-19)27-20(29)17-4-2-8-31-17/h1-4,6,8-10,13H,5,7,11H2,(H,26,30).